The molecule has 0 N–H and O–H groups in total. The van der Waals surface area contributed by atoms with Crippen molar-refractivity contribution in [3.8, 4) is 0 Å². The number of aryl methyl sites for hydroxylation is 1. The predicted octanol–water partition coefficient (Wildman–Crippen LogP) is 2.98. The second-order valence-corrected chi connectivity index (χ2v) is 8.42. The minimum atomic E-state index is -6.72. The number of methoxy groups -OCH3 is 1. The maximum Gasteiger partial charge on any atom is 0.480 e. The Morgan fingerprint density at radius 1 is 1.11 bits per heavy atom. The van der Waals surface area contributed by atoms with Crippen LogP contribution in [0.3, 0.4) is 0 Å². The van der Waals surface area contributed by atoms with Gasteiger partial charge in [0.15, 0.2) is 32.4 Å². The highest BCUT2D eigenvalue weighted by Gasteiger charge is 2.46. The van der Waals surface area contributed by atoms with Gasteiger partial charge in [-0.05, 0) is 6.07 Å². The van der Waals surface area contributed by atoms with Crippen molar-refractivity contribution in [1.29, 1.82) is 0 Å². The summed E-state index contributed by atoms with van der Waals surface area (Å²) in [5.41, 5.74) is -11.5. The summed E-state index contributed by atoms with van der Waals surface area (Å²) in [6.07, 6.45) is 6.37. The van der Waals surface area contributed by atoms with Gasteiger partial charge < -0.3 is 8.86 Å². The van der Waals surface area contributed by atoms with Gasteiger partial charge in [-0.25, -0.2) is 21.4 Å². The zero-order valence-corrected chi connectivity index (χ0v) is 16.2. The number of nitrogens with zero attached hydrogens (tertiary/aromatic N) is 2. The monoisotopic (exact) mass is 461 g/mol. The van der Waals surface area contributed by atoms with Gasteiger partial charge in [0.1, 0.15) is 6.54 Å². The Balaban J connectivity index is 0.000000541. The standard InChI is InChI=1S/C11H18NO.C2F6NO4S2/c1-3-4-7-12-8-5-6-11(9-12)10-13-2;3-1(4,5)14(10,11)9-15(12,13)2(6,7)8/h5-6,8-9H,3-4,7,10H2,1-2H3;/q+1;-1/i10D;. The van der Waals surface area contributed by atoms with Crippen LogP contribution >= 0.6 is 0 Å². The highest BCUT2D eigenvalue weighted by Crippen LogP contribution is 2.36. The Morgan fingerprint density at radius 3 is 2.00 bits per heavy atom. The van der Waals surface area contributed by atoms with E-state index in [1.54, 1.807) is 7.11 Å². The van der Waals surface area contributed by atoms with Crippen LogP contribution in [0.4, 0.5) is 26.3 Å². The summed E-state index contributed by atoms with van der Waals surface area (Å²) in [5, 5.41) is 0. The topological polar surface area (TPSA) is 95.5 Å². The van der Waals surface area contributed by atoms with E-state index in [9.17, 15) is 43.2 Å². The summed E-state index contributed by atoms with van der Waals surface area (Å²) in [6, 6.07) is 3.88. The summed E-state index contributed by atoms with van der Waals surface area (Å²) in [5.74, 6) is 0. The molecule has 0 aliphatic rings. The van der Waals surface area contributed by atoms with E-state index in [2.05, 4.69) is 11.5 Å². The van der Waals surface area contributed by atoms with Crippen molar-refractivity contribution in [3.63, 3.8) is 0 Å². The van der Waals surface area contributed by atoms with Crippen molar-refractivity contribution < 1.29 is 53.9 Å². The molecule has 0 amide bonds. The molecule has 0 aliphatic heterocycles. The average molecular weight is 461 g/mol. The van der Waals surface area contributed by atoms with Gasteiger partial charge in [-0.15, -0.1) is 0 Å². The summed E-state index contributed by atoms with van der Waals surface area (Å²) < 4.78 is 124. The molecule has 0 saturated heterocycles. The SMILES string of the molecule is O=S(=O)([N-]S(=O)(=O)C(F)(F)F)C(F)(F)F.[2H]C(OC)c1ccc[n+](CCCC)c1. The smallest absolute Gasteiger partial charge is 0.421 e. The van der Waals surface area contributed by atoms with Crippen LogP contribution in [0, 0.1) is 0 Å². The lowest BCUT2D eigenvalue weighted by atomic mass is 10.3. The van der Waals surface area contributed by atoms with Gasteiger partial charge in [-0.1, -0.05) is 13.3 Å². The first-order valence-electron chi connectivity index (χ1n) is 7.87. The van der Waals surface area contributed by atoms with Gasteiger partial charge in [0, 0.05) is 25.2 Å². The van der Waals surface area contributed by atoms with Gasteiger partial charge in [0.2, 0.25) is 0 Å². The molecule has 28 heavy (non-hydrogen) atoms. The van der Waals surface area contributed by atoms with E-state index < -0.39 is 37.6 Å². The lowest BCUT2D eigenvalue weighted by Gasteiger charge is -2.22. The molecule has 0 aliphatic carbocycles. The summed E-state index contributed by atoms with van der Waals surface area (Å²) in [6.45, 7) is 2.62. The van der Waals surface area contributed by atoms with Gasteiger partial charge in [0.05, 0.1) is 7.95 Å². The number of rotatable bonds is 7. The second kappa shape index (κ2) is 10.4. The Morgan fingerprint density at radius 2 is 1.61 bits per heavy atom. The lowest BCUT2D eigenvalue weighted by molar-refractivity contribution is -0.697. The highest BCUT2D eigenvalue weighted by atomic mass is 32.3. The molecule has 0 fully saturated rings. The summed E-state index contributed by atoms with van der Waals surface area (Å²) >= 11 is 0. The minimum Gasteiger partial charge on any atom is -0.421 e. The third-order valence-electron chi connectivity index (χ3n) is 2.69. The van der Waals surface area contributed by atoms with Crippen LogP contribution in [0.15, 0.2) is 24.5 Å². The second-order valence-electron chi connectivity index (χ2n) is 5.00. The molecule has 0 bridgehead atoms. The van der Waals surface area contributed by atoms with E-state index in [1.165, 1.54) is 12.8 Å². The van der Waals surface area contributed by atoms with Crippen LogP contribution in [-0.4, -0.2) is 35.0 Å². The number of pyridine rings is 1. The molecule has 7 nitrogen and oxygen atoms in total. The first-order chi connectivity index (χ1) is 13.0. The number of halogens is 6. The van der Waals surface area contributed by atoms with Crippen molar-refractivity contribution in [3.05, 3.63) is 34.2 Å². The molecular formula is C13H18F6N2O5S2. The minimum absolute atomic E-state index is 0.566. The van der Waals surface area contributed by atoms with Crippen LogP contribution < -0.4 is 4.57 Å². The Labute approximate surface area is 159 Å². The van der Waals surface area contributed by atoms with E-state index in [4.69, 9.17) is 6.11 Å². The zero-order chi connectivity index (χ0) is 23.1. The molecule has 0 aromatic carbocycles. The molecule has 1 unspecified atom stereocenters. The van der Waals surface area contributed by atoms with Gasteiger partial charge >= 0.3 is 11.0 Å². The summed E-state index contributed by atoms with van der Waals surface area (Å²) in [4.78, 5) is 0. The van der Waals surface area contributed by atoms with Crippen LogP contribution in [0.1, 0.15) is 26.7 Å². The van der Waals surface area contributed by atoms with Crippen molar-refractivity contribution in [2.24, 2.45) is 0 Å². The van der Waals surface area contributed by atoms with E-state index >= 15 is 0 Å². The fraction of sp³-hybridized carbons (Fsp3) is 0.615. The molecule has 15 heteroatoms. The molecule has 164 valence electrons. The van der Waals surface area contributed by atoms with E-state index in [-0.39, 0.29) is 0 Å². The number of hydrogen-bond acceptors (Lipinski definition) is 5. The molecule has 0 radical (unpaired) electrons. The molecule has 0 spiro atoms. The molecule has 1 aromatic rings. The quantitative estimate of drug-likeness (QED) is 0.460. The number of aromatic nitrogens is 1. The third kappa shape index (κ3) is 8.70. The largest absolute Gasteiger partial charge is 0.480 e. The van der Waals surface area contributed by atoms with E-state index in [0.717, 1.165) is 16.2 Å². The first kappa shape index (κ1) is 24.6. The molecule has 1 atom stereocenters. The van der Waals surface area contributed by atoms with Crippen LogP contribution in [0.25, 0.3) is 4.13 Å². The van der Waals surface area contributed by atoms with Gasteiger partial charge in [0.25, 0.3) is 0 Å². The zero-order valence-electron chi connectivity index (χ0n) is 15.5. The number of alkyl halides is 6. The Kier molecular flexibility index (Phi) is 9.10. The van der Waals surface area contributed by atoms with Crippen LogP contribution in [0.2, 0.25) is 0 Å². The van der Waals surface area contributed by atoms with Gasteiger partial charge in [-0.3, -0.25) is 0 Å². The first-order valence-corrected chi connectivity index (χ1v) is 10.2. The van der Waals surface area contributed by atoms with E-state index in [0.29, 0.717) is 0 Å². The number of hydrogen-bond donors (Lipinski definition) is 0. The Bertz CT molecular complexity index is 817. The fourth-order valence-corrected chi connectivity index (χ4v) is 3.15. The molecule has 0 saturated carbocycles. The van der Waals surface area contributed by atoms with Crippen molar-refractivity contribution >= 4 is 20.0 Å². The predicted molar refractivity (Wildman–Crippen MR) is 85.6 cm³/mol. The molecule has 1 heterocycles. The maximum atomic E-state index is 11.4. The lowest BCUT2D eigenvalue weighted by Crippen LogP contribution is -2.33. The Hall–Kier alpha value is -1.45. The summed E-state index contributed by atoms with van der Waals surface area (Å²) in [7, 11) is -11.9. The number of sulfonamides is 2. The van der Waals surface area contributed by atoms with Gasteiger partial charge in [-0.2, -0.15) is 26.3 Å². The molecular weight excluding hydrogens is 442 g/mol. The molecule has 1 rings (SSSR count). The van der Waals surface area contributed by atoms with Crippen molar-refractivity contribution in [1.82, 2.24) is 0 Å². The normalized spacial score (nSPS) is 14.6. The number of unbranched alkanes of at least 4 members (excludes halogenated alkanes) is 1. The van der Waals surface area contributed by atoms with Crippen molar-refractivity contribution in [2.45, 2.75) is 43.9 Å². The average Bonchev–Trinajstić information content (AvgIpc) is 2.57. The maximum absolute atomic E-state index is 11.4. The van der Waals surface area contributed by atoms with Crippen LogP contribution in [-0.2, 0) is 37.9 Å². The van der Waals surface area contributed by atoms with E-state index in [1.807, 2.05) is 24.5 Å². The van der Waals surface area contributed by atoms with Crippen LogP contribution in [0.5, 0.6) is 0 Å². The fourth-order valence-electron chi connectivity index (χ4n) is 1.44. The highest BCUT2D eigenvalue weighted by molar-refractivity contribution is 8.13. The molecule has 1 aromatic heterocycles. The number of ether oxygens (including phenoxy) is 1. The van der Waals surface area contributed by atoms with Crippen molar-refractivity contribution in [2.75, 3.05) is 7.11 Å². The third-order valence-corrected chi connectivity index (χ3v) is 5.43.